The van der Waals surface area contributed by atoms with Gasteiger partial charge in [0.05, 0.1) is 23.8 Å². The summed E-state index contributed by atoms with van der Waals surface area (Å²) in [6, 6.07) is 11.0. The van der Waals surface area contributed by atoms with E-state index >= 15 is 0 Å². The van der Waals surface area contributed by atoms with Gasteiger partial charge >= 0.3 is 12.0 Å². The number of hydrogen-bond acceptors (Lipinski definition) is 6. The number of piperidine rings is 1. The van der Waals surface area contributed by atoms with Crippen molar-refractivity contribution in [1.82, 2.24) is 19.7 Å². The highest BCUT2D eigenvalue weighted by molar-refractivity contribution is 5.87. The predicted molar refractivity (Wildman–Crippen MR) is 175 cm³/mol. The Morgan fingerprint density at radius 1 is 1.00 bits per heavy atom. The number of pyridine rings is 1. The Kier molecular flexibility index (Phi) is 8.70. The maximum Gasteiger partial charge on any atom is 0.335 e. The summed E-state index contributed by atoms with van der Waals surface area (Å²) in [4.78, 5) is 37.0. The first-order chi connectivity index (χ1) is 22.3. The lowest BCUT2D eigenvalue weighted by atomic mass is 9.94. The van der Waals surface area contributed by atoms with Crippen molar-refractivity contribution in [1.29, 1.82) is 0 Å². The molecule has 3 unspecified atom stereocenters. The predicted octanol–water partition coefficient (Wildman–Crippen LogP) is 6.49. The van der Waals surface area contributed by atoms with Crippen LogP contribution in [-0.4, -0.2) is 86.8 Å². The minimum absolute atomic E-state index is 0.0833. The number of carboxylic acid groups (broad SMARTS) is 1. The van der Waals surface area contributed by atoms with Crippen LogP contribution in [-0.2, 0) is 11.3 Å². The number of amides is 2. The topological polar surface area (TPSA) is 95.4 Å². The van der Waals surface area contributed by atoms with Gasteiger partial charge < -0.3 is 24.4 Å². The van der Waals surface area contributed by atoms with Crippen molar-refractivity contribution in [3.05, 3.63) is 88.7 Å². The van der Waals surface area contributed by atoms with Crippen molar-refractivity contribution in [2.24, 2.45) is 0 Å². The number of fused-ring (bicyclic) bond motifs is 2. The number of aromatic nitrogens is 1. The number of aryl methyl sites for hydroxylation is 1. The largest absolute Gasteiger partial charge is 0.478 e. The summed E-state index contributed by atoms with van der Waals surface area (Å²) in [5.74, 6) is 0.0629. The molecule has 4 aliphatic heterocycles. The van der Waals surface area contributed by atoms with E-state index in [2.05, 4.69) is 57.0 Å². The van der Waals surface area contributed by atoms with E-state index in [1.807, 2.05) is 13.0 Å². The molecule has 7 rings (SSSR count). The molecule has 5 heterocycles. The van der Waals surface area contributed by atoms with Gasteiger partial charge in [-0.25, -0.2) is 14.6 Å². The Balaban J connectivity index is 1.01. The number of benzene rings is 1. The summed E-state index contributed by atoms with van der Waals surface area (Å²) < 4.78 is 12.0. The summed E-state index contributed by atoms with van der Waals surface area (Å²) in [5.41, 5.74) is 4.85. The molecule has 0 saturated carbocycles. The second-order valence-electron chi connectivity index (χ2n) is 13.4. The molecule has 4 fully saturated rings. The molecule has 3 atom stereocenters. The van der Waals surface area contributed by atoms with Crippen LogP contribution in [0.4, 0.5) is 4.79 Å². The number of allylic oxidation sites excluding steroid dienone is 4. The second-order valence-corrected chi connectivity index (χ2v) is 13.4. The lowest BCUT2D eigenvalue weighted by Crippen LogP contribution is -2.50. The number of aromatic carboxylic acids is 1. The van der Waals surface area contributed by atoms with E-state index in [0.717, 1.165) is 82.4 Å². The van der Waals surface area contributed by atoms with Gasteiger partial charge in [0.25, 0.3) is 0 Å². The third kappa shape index (κ3) is 6.35. The molecule has 2 amide bonds. The van der Waals surface area contributed by atoms with E-state index in [1.165, 1.54) is 23.3 Å². The second kappa shape index (κ2) is 13.0. The molecule has 242 valence electrons. The monoisotopic (exact) mass is 624 g/mol. The molecule has 4 saturated heterocycles. The van der Waals surface area contributed by atoms with Gasteiger partial charge in [0, 0.05) is 50.0 Å². The third-order valence-corrected chi connectivity index (χ3v) is 10.5. The van der Waals surface area contributed by atoms with Crippen LogP contribution in [0.1, 0.15) is 73.5 Å². The Hall–Kier alpha value is -3.95. The first kappa shape index (κ1) is 30.7. The first-order valence-electron chi connectivity index (χ1n) is 16.8. The van der Waals surface area contributed by atoms with E-state index in [4.69, 9.17) is 14.6 Å². The third-order valence-electron chi connectivity index (χ3n) is 10.5. The Bertz CT molecular complexity index is 1550. The molecule has 2 bridgehead atoms. The van der Waals surface area contributed by atoms with Crippen LogP contribution < -0.4 is 4.74 Å². The van der Waals surface area contributed by atoms with Crippen molar-refractivity contribution in [2.75, 3.05) is 19.6 Å². The summed E-state index contributed by atoms with van der Waals surface area (Å²) in [6.07, 6.45) is 16.4. The number of rotatable bonds is 8. The number of urea groups is 1. The van der Waals surface area contributed by atoms with Crippen molar-refractivity contribution in [3.8, 4) is 11.6 Å². The standard InChI is InChI=1S/C37H44N4O5/c1-24-6-4-3-5-7-33(24)34-23-40(29-20-31-13-14-32(21-29)45-31)37(44)41(34)28-16-18-39(19-17-28)22-27-10-15-35(38-25(27)2)46-30-11-8-26(9-12-30)36(42)43/h3-4,6-12,15,28-29,31-32,34H,5,13-14,16-23H2,1-2H3,(H,42,43). The van der Waals surface area contributed by atoms with E-state index in [1.54, 1.807) is 12.1 Å². The molecule has 1 aromatic carbocycles. The van der Waals surface area contributed by atoms with Crippen LogP contribution >= 0.6 is 0 Å². The summed E-state index contributed by atoms with van der Waals surface area (Å²) in [6.45, 7) is 7.59. The molecule has 9 heteroatoms. The molecule has 5 aliphatic rings. The minimum atomic E-state index is -0.967. The fourth-order valence-corrected chi connectivity index (χ4v) is 8.00. The number of carboxylic acids is 1. The zero-order valence-corrected chi connectivity index (χ0v) is 26.8. The Labute approximate surface area is 271 Å². The highest BCUT2D eigenvalue weighted by atomic mass is 16.5. The van der Waals surface area contributed by atoms with Gasteiger partial charge in [-0.1, -0.05) is 30.4 Å². The van der Waals surface area contributed by atoms with Gasteiger partial charge in [-0.3, -0.25) is 4.90 Å². The van der Waals surface area contributed by atoms with Crippen LogP contribution in [0, 0.1) is 6.92 Å². The molecular formula is C37H44N4O5. The van der Waals surface area contributed by atoms with E-state index < -0.39 is 5.97 Å². The van der Waals surface area contributed by atoms with Gasteiger partial charge in [0.1, 0.15) is 5.75 Å². The minimum Gasteiger partial charge on any atom is -0.478 e. The number of carbonyl (C=O) groups excluding carboxylic acids is 1. The van der Waals surface area contributed by atoms with Crippen LogP contribution in [0.15, 0.2) is 71.8 Å². The van der Waals surface area contributed by atoms with Gasteiger partial charge in [-0.15, -0.1) is 0 Å². The zero-order valence-electron chi connectivity index (χ0n) is 26.8. The van der Waals surface area contributed by atoms with Crippen molar-refractivity contribution in [3.63, 3.8) is 0 Å². The molecule has 1 N–H and O–H groups in total. The smallest absolute Gasteiger partial charge is 0.335 e. The van der Waals surface area contributed by atoms with E-state index in [0.29, 0.717) is 23.8 Å². The molecule has 1 aliphatic carbocycles. The number of nitrogens with zero attached hydrogens (tertiary/aromatic N) is 4. The summed E-state index contributed by atoms with van der Waals surface area (Å²) in [5, 5.41) is 9.12. The van der Waals surface area contributed by atoms with Crippen LogP contribution in [0.25, 0.3) is 0 Å². The van der Waals surface area contributed by atoms with Gasteiger partial charge in [0.2, 0.25) is 5.88 Å². The molecule has 0 spiro atoms. The highest BCUT2D eigenvalue weighted by Gasteiger charge is 2.48. The molecular weight excluding hydrogens is 580 g/mol. The summed E-state index contributed by atoms with van der Waals surface area (Å²) >= 11 is 0. The highest BCUT2D eigenvalue weighted by Crippen LogP contribution is 2.40. The molecule has 46 heavy (non-hydrogen) atoms. The fourth-order valence-electron chi connectivity index (χ4n) is 8.00. The van der Waals surface area contributed by atoms with Gasteiger partial charge in [-0.2, -0.15) is 0 Å². The van der Waals surface area contributed by atoms with Crippen molar-refractivity contribution < 1.29 is 24.2 Å². The fraction of sp³-hybridized carbons (Fsp3) is 0.486. The van der Waals surface area contributed by atoms with Gasteiger partial charge in [0.15, 0.2) is 0 Å². The van der Waals surface area contributed by atoms with Crippen molar-refractivity contribution >= 4 is 12.0 Å². The maximum absolute atomic E-state index is 14.3. The van der Waals surface area contributed by atoms with Crippen LogP contribution in [0.3, 0.4) is 0 Å². The number of ether oxygens (including phenoxy) is 2. The maximum atomic E-state index is 14.3. The van der Waals surface area contributed by atoms with Gasteiger partial charge in [-0.05, 0) is 99.8 Å². The van der Waals surface area contributed by atoms with Crippen molar-refractivity contribution in [2.45, 2.75) is 95.7 Å². The average Bonchev–Trinajstić information content (AvgIpc) is 3.48. The molecule has 9 nitrogen and oxygen atoms in total. The lowest BCUT2D eigenvalue weighted by Gasteiger charge is -2.40. The number of carbonyl (C=O) groups is 2. The Morgan fingerprint density at radius 3 is 2.43 bits per heavy atom. The zero-order chi connectivity index (χ0) is 31.8. The average molecular weight is 625 g/mol. The van der Waals surface area contributed by atoms with E-state index in [9.17, 15) is 9.59 Å². The quantitative estimate of drug-likeness (QED) is 0.359. The SMILES string of the molecule is CC1=CC=CCC=C1C1CN(C2CC3CCC(C2)O3)C(=O)N1C1CCN(Cc2ccc(Oc3ccc(C(=O)O)cc3)nc2C)CC1. The van der Waals surface area contributed by atoms with Crippen LogP contribution in [0.5, 0.6) is 11.6 Å². The molecule has 0 radical (unpaired) electrons. The first-order valence-corrected chi connectivity index (χ1v) is 16.8. The number of hydrogen-bond donors (Lipinski definition) is 1. The molecule has 1 aromatic heterocycles. The Morgan fingerprint density at radius 2 is 1.74 bits per heavy atom. The summed E-state index contributed by atoms with van der Waals surface area (Å²) in [7, 11) is 0. The normalized spacial score (nSPS) is 27.0. The van der Waals surface area contributed by atoms with Crippen LogP contribution in [0.2, 0.25) is 0 Å². The molecule has 2 aromatic rings. The van der Waals surface area contributed by atoms with E-state index in [-0.39, 0.29) is 29.7 Å². The lowest BCUT2D eigenvalue weighted by molar-refractivity contribution is -0.0258. The number of likely N-dealkylation sites (tertiary alicyclic amines) is 1.